The Kier molecular flexibility index (Phi) is 6.11. The van der Waals surface area contributed by atoms with Gasteiger partial charge < -0.3 is 10.6 Å². The first-order chi connectivity index (χ1) is 14.6. The summed E-state index contributed by atoms with van der Waals surface area (Å²) in [7, 11) is 0. The number of hydrogen-bond acceptors (Lipinski definition) is 5. The number of anilines is 2. The van der Waals surface area contributed by atoms with Crippen molar-refractivity contribution in [1.82, 2.24) is 4.98 Å². The predicted molar refractivity (Wildman–Crippen MR) is 125 cm³/mol. The highest BCUT2D eigenvalue weighted by Crippen LogP contribution is 2.31. The Hall–Kier alpha value is -3.16. The number of hydrogen-bond donors (Lipinski definition) is 2. The van der Waals surface area contributed by atoms with Gasteiger partial charge in [-0.05, 0) is 41.5 Å². The average Bonchev–Trinajstić information content (AvgIpc) is 3.15. The molecule has 1 aromatic heterocycles. The monoisotopic (exact) mass is 433 g/mol. The highest BCUT2D eigenvalue weighted by Gasteiger charge is 2.09. The Labute approximate surface area is 182 Å². The van der Waals surface area contributed by atoms with Crippen molar-refractivity contribution in [1.29, 1.82) is 0 Å². The highest BCUT2D eigenvalue weighted by atomic mass is 32.2. The molecule has 4 rings (SSSR count). The molecule has 0 atom stereocenters. The van der Waals surface area contributed by atoms with Gasteiger partial charge in [0, 0.05) is 18.3 Å². The number of rotatable bonds is 6. The summed E-state index contributed by atoms with van der Waals surface area (Å²) in [6, 6.07) is 23.5. The highest BCUT2D eigenvalue weighted by molar-refractivity contribution is 8.01. The molecule has 0 radical (unpaired) electrons. The maximum Gasteiger partial charge on any atom is 0.234 e. The van der Waals surface area contributed by atoms with Gasteiger partial charge in [-0.1, -0.05) is 54.2 Å². The Balaban J connectivity index is 1.35. The predicted octanol–water partition coefficient (Wildman–Crippen LogP) is 5.65. The van der Waals surface area contributed by atoms with Crippen molar-refractivity contribution in [2.24, 2.45) is 0 Å². The second-order valence-electron chi connectivity index (χ2n) is 6.62. The zero-order chi connectivity index (χ0) is 20.9. The zero-order valence-corrected chi connectivity index (χ0v) is 17.8. The van der Waals surface area contributed by atoms with Crippen LogP contribution in [0.4, 0.5) is 11.4 Å². The lowest BCUT2D eigenvalue weighted by Gasteiger charge is -2.06. The van der Waals surface area contributed by atoms with Gasteiger partial charge in [-0.25, -0.2) is 4.98 Å². The molecule has 2 amide bonds. The minimum atomic E-state index is -0.109. The Morgan fingerprint density at radius 2 is 1.60 bits per heavy atom. The molecule has 0 unspecified atom stereocenters. The fourth-order valence-corrected chi connectivity index (χ4v) is 4.85. The van der Waals surface area contributed by atoms with E-state index in [2.05, 4.69) is 27.8 Å². The number of nitrogens with one attached hydrogen (secondary N) is 2. The second-order valence-corrected chi connectivity index (χ2v) is 8.88. The molecular weight excluding hydrogens is 414 g/mol. The molecule has 150 valence electrons. The summed E-state index contributed by atoms with van der Waals surface area (Å²) >= 11 is 2.91. The molecule has 0 aliphatic heterocycles. The third-order valence-corrected chi connectivity index (χ3v) is 6.45. The summed E-state index contributed by atoms with van der Waals surface area (Å²) < 4.78 is 1.79. The van der Waals surface area contributed by atoms with E-state index in [0.29, 0.717) is 0 Å². The molecule has 30 heavy (non-hydrogen) atoms. The first-order valence-electron chi connectivity index (χ1n) is 9.33. The largest absolute Gasteiger partial charge is 0.326 e. The number of nitrogens with zero attached hydrogens (tertiary/aromatic N) is 1. The molecule has 2 N–H and O–H groups in total. The van der Waals surface area contributed by atoms with Crippen molar-refractivity contribution in [3.05, 3.63) is 72.8 Å². The topological polar surface area (TPSA) is 71.1 Å². The fraction of sp³-hybridized carbons (Fsp3) is 0.0870. The van der Waals surface area contributed by atoms with E-state index in [1.165, 1.54) is 30.0 Å². The first kappa shape index (κ1) is 20.1. The van der Waals surface area contributed by atoms with E-state index in [1.54, 1.807) is 0 Å². The van der Waals surface area contributed by atoms with Crippen molar-refractivity contribution in [3.8, 4) is 11.1 Å². The summed E-state index contributed by atoms with van der Waals surface area (Å²) in [5.74, 6) is 0.0892. The maximum atomic E-state index is 12.3. The summed E-state index contributed by atoms with van der Waals surface area (Å²) in [4.78, 5) is 28.1. The van der Waals surface area contributed by atoms with E-state index in [-0.39, 0.29) is 17.6 Å². The molecule has 0 aliphatic rings. The molecule has 0 fully saturated rings. The lowest BCUT2D eigenvalue weighted by atomic mass is 10.1. The standard InChI is InChI=1S/C23H19N3O2S2/c1-15(27)24-19-11-12-20-21(13-19)30-23(26-20)29-14-22(28)25-18-9-7-17(8-10-18)16-5-3-2-4-6-16/h2-13H,14H2,1H3,(H,24,27)(H,25,28). The second kappa shape index (κ2) is 9.11. The van der Waals surface area contributed by atoms with Crippen molar-refractivity contribution >= 4 is 56.5 Å². The summed E-state index contributed by atoms with van der Waals surface area (Å²) in [6.45, 7) is 1.48. The zero-order valence-electron chi connectivity index (χ0n) is 16.2. The number of aromatic nitrogens is 1. The molecule has 5 nitrogen and oxygen atoms in total. The van der Waals surface area contributed by atoms with Crippen LogP contribution in [-0.4, -0.2) is 22.6 Å². The van der Waals surface area contributed by atoms with E-state index in [0.717, 1.165) is 37.1 Å². The van der Waals surface area contributed by atoms with Crippen LogP contribution < -0.4 is 10.6 Å². The van der Waals surface area contributed by atoms with Crippen LogP contribution >= 0.6 is 23.1 Å². The van der Waals surface area contributed by atoms with Crippen LogP contribution in [0.1, 0.15) is 6.92 Å². The van der Waals surface area contributed by atoms with Crippen LogP contribution in [0.2, 0.25) is 0 Å². The van der Waals surface area contributed by atoms with Gasteiger partial charge in [0.1, 0.15) is 0 Å². The Bertz CT molecular complexity index is 1190. The van der Waals surface area contributed by atoms with Gasteiger partial charge in [-0.15, -0.1) is 11.3 Å². The van der Waals surface area contributed by atoms with Gasteiger partial charge in [0.05, 0.1) is 16.0 Å². The summed E-state index contributed by atoms with van der Waals surface area (Å²) in [6.07, 6.45) is 0. The fourth-order valence-electron chi connectivity index (χ4n) is 2.95. The van der Waals surface area contributed by atoms with Gasteiger partial charge in [0.25, 0.3) is 0 Å². The van der Waals surface area contributed by atoms with Crippen LogP contribution in [0.15, 0.2) is 77.1 Å². The molecule has 0 bridgehead atoms. The average molecular weight is 434 g/mol. The lowest BCUT2D eigenvalue weighted by molar-refractivity contribution is -0.114. The molecule has 0 saturated carbocycles. The van der Waals surface area contributed by atoms with Gasteiger partial charge in [-0.2, -0.15) is 0 Å². The molecule has 1 heterocycles. The minimum Gasteiger partial charge on any atom is -0.326 e. The molecule has 0 spiro atoms. The first-order valence-corrected chi connectivity index (χ1v) is 11.1. The van der Waals surface area contributed by atoms with E-state index in [1.807, 2.05) is 60.7 Å². The SMILES string of the molecule is CC(=O)Nc1ccc2nc(SCC(=O)Nc3ccc(-c4ccccc4)cc3)sc2c1. The van der Waals surface area contributed by atoms with Gasteiger partial charge in [0.15, 0.2) is 4.34 Å². The van der Waals surface area contributed by atoms with Crippen molar-refractivity contribution < 1.29 is 9.59 Å². The quantitative estimate of drug-likeness (QED) is 0.385. The number of carbonyl (C=O) groups excluding carboxylic acids is 2. The van der Waals surface area contributed by atoms with E-state index < -0.39 is 0 Å². The van der Waals surface area contributed by atoms with Gasteiger partial charge >= 0.3 is 0 Å². The molecule has 0 aliphatic carbocycles. The maximum absolute atomic E-state index is 12.3. The molecule has 3 aromatic carbocycles. The minimum absolute atomic E-state index is 0.0781. The van der Waals surface area contributed by atoms with E-state index >= 15 is 0 Å². The third kappa shape index (κ3) is 5.06. The van der Waals surface area contributed by atoms with Crippen molar-refractivity contribution in [2.75, 3.05) is 16.4 Å². The number of fused-ring (bicyclic) bond motifs is 1. The molecule has 7 heteroatoms. The van der Waals surface area contributed by atoms with Crippen LogP contribution in [-0.2, 0) is 9.59 Å². The van der Waals surface area contributed by atoms with Crippen LogP contribution in [0.5, 0.6) is 0 Å². The number of amides is 2. The van der Waals surface area contributed by atoms with Crippen molar-refractivity contribution in [2.45, 2.75) is 11.3 Å². The molecule has 4 aromatic rings. The summed E-state index contributed by atoms with van der Waals surface area (Å²) in [5, 5.41) is 5.69. The number of thiazole rings is 1. The third-order valence-electron chi connectivity index (χ3n) is 4.29. The smallest absolute Gasteiger partial charge is 0.234 e. The number of thioether (sulfide) groups is 1. The number of carbonyl (C=O) groups is 2. The summed E-state index contributed by atoms with van der Waals surface area (Å²) in [5.41, 5.74) is 4.62. The molecular formula is C23H19N3O2S2. The van der Waals surface area contributed by atoms with Crippen molar-refractivity contribution in [3.63, 3.8) is 0 Å². The number of benzene rings is 3. The van der Waals surface area contributed by atoms with Crippen LogP contribution in [0.25, 0.3) is 21.3 Å². The molecule has 0 saturated heterocycles. The van der Waals surface area contributed by atoms with Gasteiger partial charge in [0.2, 0.25) is 11.8 Å². The lowest BCUT2D eigenvalue weighted by Crippen LogP contribution is -2.13. The Morgan fingerprint density at radius 1 is 0.900 bits per heavy atom. The van der Waals surface area contributed by atoms with E-state index in [4.69, 9.17) is 0 Å². The Morgan fingerprint density at radius 3 is 2.33 bits per heavy atom. The van der Waals surface area contributed by atoms with E-state index in [9.17, 15) is 9.59 Å². The normalized spacial score (nSPS) is 10.7. The van der Waals surface area contributed by atoms with Gasteiger partial charge in [-0.3, -0.25) is 9.59 Å². The van der Waals surface area contributed by atoms with Crippen LogP contribution in [0, 0.1) is 0 Å². The van der Waals surface area contributed by atoms with Crippen LogP contribution in [0.3, 0.4) is 0 Å².